The van der Waals surface area contributed by atoms with E-state index in [0.717, 1.165) is 5.56 Å². The van der Waals surface area contributed by atoms with Gasteiger partial charge in [-0.1, -0.05) is 71.9 Å². The highest BCUT2D eigenvalue weighted by Crippen LogP contribution is 2.21. The Balaban J connectivity index is 2.47. The Kier molecular flexibility index (Phi) is 15.4. The second-order valence-corrected chi connectivity index (χ2v) is 15.1. The molecule has 0 fully saturated rings. The smallest absolute Gasteiger partial charge is 0.408 e. The fourth-order valence-electron chi connectivity index (χ4n) is 5.40. The van der Waals surface area contributed by atoms with E-state index >= 15 is 0 Å². The number of alkyl carbamates (subject to hydrolysis) is 1. The van der Waals surface area contributed by atoms with Crippen molar-refractivity contribution >= 4 is 23.7 Å². The number of carbonyl (C=O) groups excluding carboxylic acids is 4. The van der Waals surface area contributed by atoms with Crippen molar-refractivity contribution in [3.05, 3.63) is 54.1 Å². The summed E-state index contributed by atoms with van der Waals surface area (Å²) in [6, 6.07) is 5.82. The summed E-state index contributed by atoms with van der Waals surface area (Å²) >= 11 is 0. The third-order valence-electron chi connectivity index (χ3n) is 8.31. The fourth-order valence-corrected chi connectivity index (χ4v) is 5.40. The molecule has 3 amide bonds. The van der Waals surface area contributed by atoms with Gasteiger partial charge in [-0.3, -0.25) is 14.4 Å². The fraction of sp³-hybridized carbons (Fsp3) is 0.639. The van der Waals surface area contributed by atoms with E-state index in [9.17, 15) is 24.3 Å². The van der Waals surface area contributed by atoms with Crippen LogP contribution in [-0.4, -0.2) is 80.2 Å². The molecule has 6 atom stereocenters. The van der Waals surface area contributed by atoms with Gasteiger partial charge in [-0.05, 0) is 63.4 Å². The molecule has 0 spiro atoms. The minimum absolute atomic E-state index is 0.0385. The number of nitrogens with zero attached hydrogens (tertiary/aromatic N) is 1. The largest absolute Gasteiger partial charge is 0.444 e. The Hall–Kier alpha value is -3.81. The molecule has 2 aromatic rings. The number of hydrogen-bond acceptors (Lipinski definition) is 9. The van der Waals surface area contributed by atoms with Crippen LogP contribution in [0.1, 0.15) is 86.4 Å². The van der Waals surface area contributed by atoms with Crippen molar-refractivity contribution in [2.75, 3.05) is 0 Å². The van der Waals surface area contributed by atoms with Crippen LogP contribution < -0.4 is 27.4 Å². The van der Waals surface area contributed by atoms with Crippen LogP contribution in [0.5, 0.6) is 0 Å². The van der Waals surface area contributed by atoms with Crippen molar-refractivity contribution in [3.63, 3.8) is 0 Å². The highest BCUT2D eigenvalue weighted by molar-refractivity contribution is 6.13. The number of aromatic nitrogens is 2. The lowest BCUT2D eigenvalue weighted by atomic mass is 9.82. The summed E-state index contributed by atoms with van der Waals surface area (Å²) in [4.78, 5) is 61.6. The van der Waals surface area contributed by atoms with Crippen molar-refractivity contribution in [2.24, 2.45) is 29.2 Å². The average Bonchev–Trinajstić information content (AvgIpc) is 3.51. The zero-order chi connectivity index (χ0) is 37.1. The number of rotatable bonds is 18. The number of imidazole rings is 1. The molecule has 274 valence electrons. The molecule has 49 heavy (non-hydrogen) atoms. The summed E-state index contributed by atoms with van der Waals surface area (Å²) in [6.07, 6.45) is 1.19. The van der Waals surface area contributed by atoms with Crippen molar-refractivity contribution in [1.29, 1.82) is 0 Å². The Labute approximate surface area is 291 Å². The molecule has 9 N–H and O–H groups in total. The third-order valence-corrected chi connectivity index (χ3v) is 8.31. The summed E-state index contributed by atoms with van der Waals surface area (Å²) < 4.78 is 5.46. The molecule has 13 nitrogen and oxygen atoms in total. The normalized spacial score (nSPS) is 16.3. The Morgan fingerprint density at radius 3 is 2.06 bits per heavy atom. The molecule has 1 heterocycles. The number of ether oxygens (including phenoxy) is 1. The second-order valence-electron chi connectivity index (χ2n) is 15.1. The first kappa shape index (κ1) is 41.4. The van der Waals surface area contributed by atoms with Crippen LogP contribution in [0.3, 0.4) is 0 Å². The van der Waals surface area contributed by atoms with Crippen molar-refractivity contribution in [1.82, 2.24) is 25.9 Å². The molecule has 1 aromatic carbocycles. The van der Waals surface area contributed by atoms with Gasteiger partial charge in [0.05, 0.1) is 30.6 Å². The first-order valence-electron chi connectivity index (χ1n) is 17.1. The van der Waals surface area contributed by atoms with Gasteiger partial charge in [0, 0.05) is 24.4 Å². The van der Waals surface area contributed by atoms with Crippen LogP contribution in [0.25, 0.3) is 0 Å². The Bertz CT molecular complexity index is 1340. The number of carbonyl (C=O) groups is 4. The molecule has 0 aliphatic rings. The topological polar surface area (TPSA) is 215 Å². The zero-order valence-corrected chi connectivity index (χ0v) is 30.6. The Morgan fingerprint density at radius 2 is 1.55 bits per heavy atom. The van der Waals surface area contributed by atoms with Gasteiger partial charge in [-0.2, -0.15) is 0 Å². The monoisotopic (exact) mass is 685 g/mol. The molecule has 2 rings (SSSR count). The van der Waals surface area contributed by atoms with Crippen LogP contribution in [0.2, 0.25) is 0 Å². The van der Waals surface area contributed by atoms with Gasteiger partial charge >= 0.3 is 6.09 Å². The van der Waals surface area contributed by atoms with E-state index in [1.54, 1.807) is 45.0 Å². The van der Waals surface area contributed by atoms with Gasteiger partial charge in [0.2, 0.25) is 11.8 Å². The lowest BCUT2D eigenvalue weighted by Crippen LogP contribution is -2.68. The predicted molar refractivity (Wildman–Crippen MR) is 189 cm³/mol. The number of benzene rings is 1. The number of aromatic amines is 1. The van der Waals surface area contributed by atoms with E-state index in [2.05, 4.69) is 25.9 Å². The number of aliphatic hydroxyl groups is 1. The summed E-state index contributed by atoms with van der Waals surface area (Å²) in [7, 11) is 0. The van der Waals surface area contributed by atoms with Crippen LogP contribution in [0, 0.1) is 17.8 Å². The summed E-state index contributed by atoms with van der Waals surface area (Å²) in [5, 5.41) is 20.1. The first-order chi connectivity index (χ1) is 22.7. The highest BCUT2D eigenvalue weighted by atomic mass is 16.6. The number of nitrogens with one attached hydrogen (secondary N) is 4. The number of ketones is 1. The van der Waals surface area contributed by atoms with E-state index in [1.807, 2.05) is 47.6 Å². The van der Waals surface area contributed by atoms with E-state index in [0.29, 0.717) is 12.1 Å². The van der Waals surface area contributed by atoms with Crippen molar-refractivity contribution in [3.8, 4) is 0 Å². The quantitative estimate of drug-likeness (QED) is 0.115. The molecule has 0 bridgehead atoms. The van der Waals surface area contributed by atoms with E-state index in [4.69, 9.17) is 16.2 Å². The van der Waals surface area contributed by atoms with Gasteiger partial charge in [-0.15, -0.1) is 0 Å². The van der Waals surface area contributed by atoms with E-state index in [-0.39, 0.29) is 42.9 Å². The molecule has 0 aliphatic heterocycles. The van der Waals surface area contributed by atoms with Crippen LogP contribution in [0.15, 0.2) is 42.9 Å². The van der Waals surface area contributed by atoms with Crippen LogP contribution in [-0.2, 0) is 32.0 Å². The number of H-pyrrole nitrogens is 1. The standard InChI is InChI=1S/C36H59N7O6/c1-21(2)15-27(29(44)17-26(22(3)4)41-32(46)30(37)23(5)6)42-33(47)36(38,18-25-19-39-20-40-25)31(45)28(16-24-13-11-10-12-14-24)43-34(48)49-35(7,8)9/h10-14,19-23,26-30,44H,15-18,37-38H2,1-9H3,(H,39,40)(H,41,46)(H,42,47)(H,43,48)/t26-,27-,28-,29-,30+,36+/m0/s1. The van der Waals surface area contributed by atoms with Crippen LogP contribution in [0.4, 0.5) is 4.79 Å². The zero-order valence-electron chi connectivity index (χ0n) is 30.6. The SMILES string of the molecule is CC(C)C[C@H](NC(=O)[C@@](N)(Cc1cnc[nH]1)C(=O)[C@H](Cc1ccccc1)NC(=O)OC(C)(C)C)[C@@H](O)C[C@H](NC(=O)[C@H](N)C(C)C)C(C)C. The maximum atomic E-state index is 14.5. The number of aliphatic hydroxyl groups excluding tert-OH is 1. The third kappa shape index (κ3) is 13.2. The molecule has 0 aliphatic carbocycles. The predicted octanol–water partition coefficient (Wildman–Crippen LogP) is 2.76. The minimum atomic E-state index is -2.20. The summed E-state index contributed by atoms with van der Waals surface area (Å²) in [5.41, 5.74) is 11.0. The second kappa shape index (κ2) is 18.3. The summed E-state index contributed by atoms with van der Waals surface area (Å²) in [6.45, 7) is 16.6. The molecule has 0 saturated heterocycles. The van der Waals surface area contributed by atoms with Crippen molar-refractivity contribution < 1.29 is 29.0 Å². The van der Waals surface area contributed by atoms with Gasteiger partial charge in [-0.25, -0.2) is 9.78 Å². The number of nitrogens with two attached hydrogens (primary N) is 2. The maximum Gasteiger partial charge on any atom is 0.408 e. The maximum absolute atomic E-state index is 14.5. The molecule has 0 saturated carbocycles. The van der Waals surface area contributed by atoms with E-state index < -0.39 is 59.2 Å². The Morgan fingerprint density at radius 1 is 0.918 bits per heavy atom. The minimum Gasteiger partial charge on any atom is -0.444 e. The first-order valence-corrected chi connectivity index (χ1v) is 17.1. The number of Topliss-reactive ketones (excluding diaryl/α,β-unsaturated/α-hetero) is 1. The molecule has 0 radical (unpaired) electrons. The van der Waals surface area contributed by atoms with E-state index in [1.165, 1.54) is 12.5 Å². The highest BCUT2D eigenvalue weighted by Gasteiger charge is 2.47. The van der Waals surface area contributed by atoms with Gasteiger partial charge in [0.15, 0.2) is 11.3 Å². The molecule has 1 aromatic heterocycles. The lowest BCUT2D eigenvalue weighted by Gasteiger charge is -2.35. The van der Waals surface area contributed by atoms with Gasteiger partial charge in [0.1, 0.15) is 5.60 Å². The molecular formula is C36H59N7O6. The number of amides is 3. The number of hydrogen-bond donors (Lipinski definition) is 7. The van der Waals surface area contributed by atoms with Gasteiger partial charge < -0.3 is 42.2 Å². The molecule has 13 heteroatoms. The van der Waals surface area contributed by atoms with Crippen molar-refractivity contribution in [2.45, 2.75) is 129 Å². The summed E-state index contributed by atoms with van der Waals surface area (Å²) in [5.74, 6) is -1.99. The average molecular weight is 686 g/mol. The molecule has 0 unspecified atom stereocenters. The van der Waals surface area contributed by atoms with Gasteiger partial charge in [0.25, 0.3) is 0 Å². The lowest BCUT2D eigenvalue weighted by molar-refractivity contribution is -0.138. The van der Waals surface area contributed by atoms with Crippen LogP contribution >= 0.6 is 0 Å². The molecular weight excluding hydrogens is 626 g/mol.